The average Bonchev–Trinajstić information content (AvgIpc) is 2.48. The highest BCUT2D eigenvalue weighted by Crippen LogP contribution is 2.39. The minimum atomic E-state index is -0.0797. The zero-order chi connectivity index (χ0) is 9.47. The fraction of sp³-hybridized carbons (Fsp3) is 0.700. The van der Waals surface area contributed by atoms with Crippen LogP contribution in [-0.4, -0.2) is 4.98 Å². The van der Waals surface area contributed by atoms with E-state index in [-0.39, 0.29) is 5.54 Å². The molecule has 1 aliphatic carbocycles. The van der Waals surface area contributed by atoms with E-state index < -0.39 is 0 Å². The largest absolute Gasteiger partial charge is 0.320 e. The topological polar surface area (TPSA) is 38.9 Å². The fourth-order valence-corrected chi connectivity index (χ4v) is 2.54. The summed E-state index contributed by atoms with van der Waals surface area (Å²) in [5.41, 5.74) is 7.22. The Bertz CT molecular complexity index is 300. The van der Waals surface area contributed by atoms with Crippen LogP contribution < -0.4 is 5.73 Å². The zero-order valence-electron chi connectivity index (χ0n) is 8.21. The summed E-state index contributed by atoms with van der Waals surface area (Å²) in [6, 6.07) is 0. The third-order valence-electron chi connectivity index (χ3n) is 2.77. The first-order chi connectivity index (χ1) is 6.12. The molecule has 0 saturated heterocycles. The summed E-state index contributed by atoms with van der Waals surface area (Å²) >= 11 is 1.74. The number of hydrogen-bond acceptors (Lipinski definition) is 3. The lowest BCUT2D eigenvalue weighted by atomic mass is 9.76. The van der Waals surface area contributed by atoms with Gasteiger partial charge < -0.3 is 5.73 Å². The summed E-state index contributed by atoms with van der Waals surface area (Å²) < 4.78 is 0. The van der Waals surface area contributed by atoms with Crippen LogP contribution in [0.4, 0.5) is 0 Å². The smallest absolute Gasteiger partial charge is 0.0954 e. The molecule has 3 heteroatoms. The van der Waals surface area contributed by atoms with Gasteiger partial charge in [0.1, 0.15) is 0 Å². The first kappa shape index (κ1) is 9.16. The van der Waals surface area contributed by atoms with Crippen LogP contribution >= 0.6 is 11.3 Å². The summed E-state index contributed by atoms with van der Waals surface area (Å²) in [4.78, 5) is 4.60. The van der Waals surface area contributed by atoms with E-state index in [1.165, 1.54) is 11.4 Å². The van der Waals surface area contributed by atoms with Gasteiger partial charge in [-0.05, 0) is 19.3 Å². The maximum Gasteiger partial charge on any atom is 0.0954 e. The molecule has 0 unspecified atom stereocenters. The Morgan fingerprint density at radius 2 is 2.23 bits per heavy atom. The highest BCUT2D eigenvalue weighted by molar-refractivity contribution is 7.09. The van der Waals surface area contributed by atoms with Crippen molar-refractivity contribution in [3.05, 3.63) is 16.1 Å². The van der Waals surface area contributed by atoms with Gasteiger partial charge >= 0.3 is 0 Å². The molecule has 72 valence electrons. The first-order valence-electron chi connectivity index (χ1n) is 4.86. The Kier molecular flexibility index (Phi) is 2.16. The maximum absolute atomic E-state index is 6.18. The Morgan fingerprint density at radius 3 is 2.62 bits per heavy atom. The number of nitrogens with two attached hydrogens (primary N) is 1. The van der Waals surface area contributed by atoms with Crippen LogP contribution in [0, 0.1) is 0 Å². The molecule has 2 rings (SSSR count). The van der Waals surface area contributed by atoms with E-state index in [2.05, 4.69) is 24.2 Å². The highest BCUT2D eigenvalue weighted by atomic mass is 32.1. The van der Waals surface area contributed by atoms with Crippen LogP contribution in [0.25, 0.3) is 0 Å². The van der Waals surface area contributed by atoms with E-state index in [0.29, 0.717) is 5.92 Å². The Balaban J connectivity index is 2.22. The van der Waals surface area contributed by atoms with Crippen LogP contribution in [0.15, 0.2) is 5.38 Å². The normalized spacial score (nSPS) is 20.3. The third-order valence-corrected chi connectivity index (χ3v) is 3.92. The van der Waals surface area contributed by atoms with E-state index >= 15 is 0 Å². The molecule has 1 fully saturated rings. The van der Waals surface area contributed by atoms with Crippen molar-refractivity contribution in [1.82, 2.24) is 4.98 Å². The molecule has 13 heavy (non-hydrogen) atoms. The number of thiazole rings is 1. The molecule has 0 bridgehead atoms. The number of rotatable bonds is 2. The molecule has 1 aliphatic rings. The SMILES string of the molecule is CC(C)c1nc(C2(N)CCC2)cs1. The van der Waals surface area contributed by atoms with Crippen LogP contribution in [0.5, 0.6) is 0 Å². The predicted octanol–water partition coefficient (Wildman–Crippen LogP) is 2.60. The van der Waals surface area contributed by atoms with Gasteiger partial charge in [0.05, 0.1) is 16.2 Å². The van der Waals surface area contributed by atoms with Crippen LogP contribution in [0.3, 0.4) is 0 Å². The number of nitrogens with zero attached hydrogens (tertiary/aromatic N) is 1. The van der Waals surface area contributed by atoms with Gasteiger partial charge in [-0.25, -0.2) is 4.98 Å². The van der Waals surface area contributed by atoms with Crippen molar-refractivity contribution in [3.8, 4) is 0 Å². The Labute approximate surface area is 83.2 Å². The van der Waals surface area contributed by atoms with Crippen molar-refractivity contribution >= 4 is 11.3 Å². The number of aromatic nitrogens is 1. The van der Waals surface area contributed by atoms with Crippen molar-refractivity contribution < 1.29 is 0 Å². The monoisotopic (exact) mass is 196 g/mol. The van der Waals surface area contributed by atoms with Crippen molar-refractivity contribution in [2.45, 2.75) is 44.6 Å². The van der Waals surface area contributed by atoms with E-state index in [1.54, 1.807) is 11.3 Å². The minimum Gasteiger partial charge on any atom is -0.320 e. The van der Waals surface area contributed by atoms with Crippen molar-refractivity contribution in [3.63, 3.8) is 0 Å². The fourth-order valence-electron chi connectivity index (χ4n) is 1.60. The zero-order valence-corrected chi connectivity index (χ0v) is 9.03. The Morgan fingerprint density at radius 1 is 1.54 bits per heavy atom. The first-order valence-corrected chi connectivity index (χ1v) is 5.74. The van der Waals surface area contributed by atoms with Crippen molar-refractivity contribution in [2.75, 3.05) is 0 Å². The van der Waals surface area contributed by atoms with Crippen LogP contribution in [-0.2, 0) is 5.54 Å². The summed E-state index contributed by atoms with van der Waals surface area (Å²) in [7, 11) is 0. The third kappa shape index (κ3) is 1.51. The van der Waals surface area contributed by atoms with Gasteiger partial charge in [-0.3, -0.25) is 0 Å². The van der Waals surface area contributed by atoms with Gasteiger partial charge in [0.25, 0.3) is 0 Å². The standard InChI is InChI=1S/C10H16N2S/c1-7(2)9-12-8(6-13-9)10(11)4-3-5-10/h6-7H,3-5,11H2,1-2H3. The predicted molar refractivity (Wildman–Crippen MR) is 55.9 cm³/mol. The molecule has 1 saturated carbocycles. The average molecular weight is 196 g/mol. The summed E-state index contributed by atoms with van der Waals surface area (Å²) in [6.45, 7) is 4.35. The summed E-state index contributed by atoms with van der Waals surface area (Å²) in [6.07, 6.45) is 3.47. The molecule has 0 atom stereocenters. The second kappa shape index (κ2) is 3.07. The Hall–Kier alpha value is -0.410. The van der Waals surface area contributed by atoms with Gasteiger partial charge in [0.2, 0.25) is 0 Å². The number of hydrogen-bond donors (Lipinski definition) is 1. The van der Waals surface area contributed by atoms with Crippen molar-refractivity contribution in [1.29, 1.82) is 0 Å². The van der Waals surface area contributed by atoms with Crippen LogP contribution in [0.1, 0.15) is 49.7 Å². The van der Waals surface area contributed by atoms with Crippen molar-refractivity contribution in [2.24, 2.45) is 5.73 Å². The molecule has 1 aromatic rings. The van der Waals surface area contributed by atoms with E-state index in [1.807, 2.05) is 0 Å². The highest BCUT2D eigenvalue weighted by Gasteiger charge is 2.36. The molecular weight excluding hydrogens is 180 g/mol. The van der Waals surface area contributed by atoms with E-state index in [0.717, 1.165) is 18.5 Å². The van der Waals surface area contributed by atoms with E-state index in [9.17, 15) is 0 Å². The lowest BCUT2D eigenvalue weighted by molar-refractivity contribution is 0.247. The second-order valence-corrected chi connectivity index (χ2v) is 5.13. The van der Waals surface area contributed by atoms with Gasteiger partial charge in [-0.1, -0.05) is 13.8 Å². The van der Waals surface area contributed by atoms with Gasteiger partial charge in [-0.15, -0.1) is 11.3 Å². The molecule has 1 heterocycles. The molecule has 0 radical (unpaired) electrons. The van der Waals surface area contributed by atoms with Gasteiger partial charge in [0, 0.05) is 11.3 Å². The molecule has 0 aliphatic heterocycles. The molecule has 0 spiro atoms. The quantitative estimate of drug-likeness (QED) is 0.789. The second-order valence-electron chi connectivity index (χ2n) is 4.24. The lowest BCUT2D eigenvalue weighted by Crippen LogP contribution is -2.43. The summed E-state index contributed by atoms with van der Waals surface area (Å²) in [5, 5.41) is 3.35. The lowest BCUT2D eigenvalue weighted by Gasteiger charge is -2.36. The minimum absolute atomic E-state index is 0.0797. The maximum atomic E-state index is 6.18. The molecule has 0 amide bonds. The molecule has 0 aromatic carbocycles. The molecule has 2 nitrogen and oxygen atoms in total. The van der Waals surface area contributed by atoms with Gasteiger partial charge in [0.15, 0.2) is 0 Å². The van der Waals surface area contributed by atoms with E-state index in [4.69, 9.17) is 5.73 Å². The molecule has 1 aromatic heterocycles. The molecular formula is C10H16N2S. The summed E-state index contributed by atoms with van der Waals surface area (Å²) in [5.74, 6) is 0.530. The van der Waals surface area contributed by atoms with Crippen LogP contribution in [0.2, 0.25) is 0 Å². The molecule has 2 N–H and O–H groups in total. The van der Waals surface area contributed by atoms with Gasteiger partial charge in [-0.2, -0.15) is 0 Å².